The smallest absolute Gasteiger partial charge is 0.229 e. The molecule has 0 unspecified atom stereocenters. The predicted octanol–water partition coefficient (Wildman–Crippen LogP) is 3.25. The maximum absolute atomic E-state index is 13.0. The number of fused-ring (bicyclic) bond motifs is 3. The third-order valence-electron chi connectivity index (χ3n) is 4.33. The van der Waals surface area contributed by atoms with Gasteiger partial charge in [-0.1, -0.05) is 0 Å². The summed E-state index contributed by atoms with van der Waals surface area (Å²) in [6.07, 6.45) is 6.65. The molecule has 0 fully saturated rings. The van der Waals surface area contributed by atoms with Crippen LogP contribution in [0, 0.1) is 5.82 Å². The van der Waals surface area contributed by atoms with E-state index in [1.54, 1.807) is 6.20 Å². The molecule has 0 amide bonds. The van der Waals surface area contributed by atoms with Crippen molar-refractivity contribution >= 4 is 44.2 Å². The van der Waals surface area contributed by atoms with E-state index in [4.69, 9.17) is 4.98 Å². The van der Waals surface area contributed by atoms with Gasteiger partial charge >= 0.3 is 0 Å². The highest BCUT2D eigenvalue weighted by Gasteiger charge is 2.26. The molecule has 0 bridgehead atoms. The van der Waals surface area contributed by atoms with E-state index in [-0.39, 0.29) is 0 Å². The first-order valence-electron chi connectivity index (χ1n) is 8.38. The van der Waals surface area contributed by atoms with Gasteiger partial charge < -0.3 is 10.2 Å². The van der Waals surface area contributed by atoms with E-state index < -0.39 is 5.82 Å². The molecule has 1 aliphatic rings. The minimum absolute atomic E-state index is 0.309. The summed E-state index contributed by atoms with van der Waals surface area (Å²) >= 11 is 5.04. The van der Waals surface area contributed by atoms with E-state index in [2.05, 4.69) is 56.5 Å². The Balaban J connectivity index is 1.44. The van der Waals surface area contributed by atoms with Crippen LogP contribution in [-0.4, -0.2) is 41.9 Å². The van der Waals surface area contributed by atoms with Crippen LogP contribution in [0.15, 0.2) is 29.3 Å². The van der Waals surface area contributed by atoms with Crippen LogP contribution in [0.1, 0.15) is 10.6 Å². The molecule has 4 aromatic heterocycles. The van der Waals surface area contributed by atoms with Crippen LogP contribution in [0.5, 0.6) is 0 Å². The van der Waals surface area contributed by atoms with E-state index in [9.17, 15) is 4.39 Å². The number of nitrogens with zero attached hydrogens (tertiary/aromatic N) is 6. The van der Waals surface area contributed by atoms with Crippen LogP contribution >= 0.6 is 27.3 Å². The Bertz CT molecular complexity index is 1120. The number of nitrogens with one attached hydrogen (secondary N) is 3. The summed E-state index contributed by atoms with van der Waals surface area (Å²) in [7, 11) is 0. The third-order valence-corrected chi connectivity index (χ3v) is 6.05. The Hall–Kier alpha value is -2.86. The fraction of sp³-hybridized carbons (Fsp3) is 0.188. The molecule has 0 atom stereocenters. The number of anilines is 3. The second-order valence-electron chi connectivity index (χ2n) is 6.13. The molecule has 28 heavy (non-hydrogen) atoms. The third kappa shape index (κ3) is 3.14. The van der Waals surface area contributed by atoms with Crippen LogP contribution in [0.4, 0.5) is 21.3 Å². The first-order chi connectivity index (χ1) is 13.7. The average Bonchev–Trinajstić information content (AvgIpc) is 3.39. The molecule has 0 aliphatic carbocycles. The van der Waals surface area contributed by atoms with E-state index in [1.807, 2.05) is 6.20 Å². The number of aromatic amines is 2. The molecule has 0 spiro atoms. The molecule has 4 aromatic rings. The molecule has 0 saturated carbocycles. The van der Waals surface area contributed by atoms with Gasteiger partial charge in [-0.25, -0.2) is 19.3 Å². The lowest BCUT2D eigenvalue weighted by Gasteiger charge is -2.20. The summed E-state index contributed by atoms with van der Waals surface area (Å²) in [5, 5.41) is 18.2. The zero-order chi connectivity index (χ0) is 19.1. The van der Waals surface area contributed by atoms with Gasteiger partial charge in [-0.05, 0) is 15.9 Å². The van der Waals surface area contributed by atoms with Gasteiger partial charge in [-0.15, -0.1) is 11.3 Å². The van der Waals surface area contributed by atoms with Crippen molar-refractivity contribution in [2.24, 2.45) is 0 Å². The van der Waals surface area contributed by atoms with E-state index in [0.717, 1.165) is 57.5 Å². The van der Waals surface area contributed by atoms with Crippen LogP contribution in [0.25, 0.3) is 11.3 Å². The first-order valence-corrected chi connectivity index (χ1v) is 9.99. The topological polar surface area (TPSA) is 111 Å². The number of hydrogen-bond donors (Lipinski definition) is 3. The van der Waals surface area contributed by atoms with Crippen LogP contribution in [-0.2, 0) is 13.0 Å². The molecule has 0 radical (unpaired) electrons. The van der Waals surface area contributed by atoms with Crippen molar-refractivity contribution in [3.63, 3.8) is 0 Å². The van der Waals surface area contributed by atoms with E-state index in [0.29, 0.717) is 17.6 Å². The maximum Gasteiger partial charge on any atom is 0.229 e. The van der Waals surface area contributed by atoms with Crippen molar-refractivity contribution < 1.29 is 4.39 Å². The standard InChI is InChI=1S/C16H13BrFN9S/c17-10-6-22-25-11(10)7-27-2-1-12-13(9-5-21-26-14(9)27)23-16(28-12)24-15-19-3-8(18)4-20-15/h3-6H,1-2,7H2,(H,21,26)(H,22,25)(H,19,20,23,24). The van der Waals surface area contributed by atoms with Gasteiger partial charge in [-0.3, -0.25) is 10.2 Å². The van der Waals surface area contributed by atoms with Crippen LogP contribution in [0.2, 0.25) is 0 Å². The van der Waals surface area contributed by atoms with Gasteiger partial charge in [0.1, 0.15) is 0 Å². The Morgan fingerprint density at radius 1 is 1.29 bits per heavy atom. The summed E-state index contributed by atoms with van der Waals surface area (Å²) in [6, 6.07) is 0. The van der Waals surface area contributed by atoms with Crippen molar-refractivity contribution in [1.29, 1.82) is 0 Å². The Morgan fingerprint density at radius 2 is 2.14 bits per heavy atom. The number of H-pyrrole nitrogens is 2. The van der Waals surface area contributed by atoms with E-state index in [1.165, 1.54) is 11.3 Å². The van der Waals surface area contributed by atoms with Crippen molar-refractivity contribution in [1.82, 2.24) is 35.3 Å². The van der Waals surface area contributed by atoms with Gasteiger partial charge in [0.2, 0.25) is 5.95 Å². The lowest BCUT2D eigenvalue weighted by molar-refractivity contribution is 0.614. The molecule has 12 heteroatoms. The number of halogens is 2. The fourth-order valence-electron chi connectivity index (χ4n) is 3.05. The molecule has 5 heterocycles. The van der Waals surface area contributed by atoms with Gasteiger partial charge in [0.25, 0.3) is 0 Å². The first kappa shape index (κ1) is 17.3. The second-order valence-corrected chi connectivity index (χ2v) is 8.07. The normalized spacial score (nSPS) is 13.1. The van der Waals surface area contributed by atoms with Crippen LogP contribution in [0.3, 0.4) is 0 Å². The minimum Gasteiger partial charge on any atom is -0.348 e. The van der Waals surface area contributed by atoms with E-state index >= 15 is 0 Å². The van der Waals surface area contributed by atoms with Crippen molar-refractivity contribution in [3.8, 4) is 11.3 Å². The zero-order valence-corrected chi connectivity index (χ0v) is 16.7. The summed E-state index contributed by atoms with van der Waals surface area (Å²) in [6.45, 7) is 1.44. The van der Waals surface area contributed by atoms with Gasteiger partial charge in [0.05, 0.1) is 46.6 Å². The quantitative estimate of drug-likeness (QED) is 0.427. The highest BCUT2D eigenvalue weighted by atomic mass is 79.9. The van der Waals surface area contributed by atoms with Crippen molar-refractivity contribution in [2.45, 2.75) is 13.0 Å². The van der Waals surface area contributed by atoms with Gasteiger partial charge in [0, 0.05) is 24.0 Å². The molecular weight excluding hydrogens is 449 g/mol. The number of aromatic nitrogens is 7. The second kappa shape index (κ2) is 6.95. The summed E-state index contributed by atoms with van der Waals surface area (Å²) in [4.78, 5) is 15.9. The Labute approximate surface area is 170 Å². The number of rotatable bonds is 4. The SMILES string of the molecule is Fc1cnc(Nc2nc3c(s2)CCN(Cc2[nH]ncc2Br)c2n[nH]cc2-3)nc1. The molecule has 5 rings (SSSR count). The van der Waals surface area contributed by atoms with Crippen molar-refractivity contribution in [3.05, 3.63) is 45.6 Å². The molecule has 1 aliphatic heterocycles. The predicted molar refractivity (Wildman–Crippen MR) is 106 cm³/mol. The Morgan fingerprint density at radius 3 is 2.93 bits per heavy atom. The largest absolute Gasteiger partial charge is 0.348 e. The Kier molecular flexibility index (Phi) is 4.28. The molecule has 9 nitrogen and oxygen atoms in total. The fourth-order valence-corrected chi connectivity index (χ4v) is 4.33. The molecule has 3 N–H and O–H groups in total. The monoisotopic (exact) mass is 461 g/mol. The van der Waals surface area contributed by atoms with Gasteiger partial charge in [0.15, 0.2) is 16.8 Å². The maximum atomic E-state index is 13.0. The molecular formula is C16H13BrFN9S. The molecule has 0 saturated heterocycles. The minimum atomic E-state index is -0.479. The summed E-state index contributed by atoms with van der Waals surface area (Å²) < 4.78 is 13.9. The lowest BCUT2D eigenvalue weighted by atomic mass is 10.2. The summed E-state index contributed by atoms with van der Waals surface area (Å²) in [5.41, 5.74) is 2.81. The number of thiazole rings is 1. The zero-order valence-electron chi connectivity index (χ0n) is 14.3. The highest BCUT2D eigenvalue weighted by molar-refractivity contribution is 9.10. The summed E-state index contributed by atoms with van der Waals surface area (Å²) in [5.74, 6) is 0.672. The van der Waals surface area contributed by atoms with Crippen molar-refractivity contribution in [2.75, 3.05) is 16.8 Å². The van der Waals surface area contributed by atoms with Gasteiger partial charge in [-0.2, -0.15) is 10.2 Å². The average molecular weight is 462 g/mol. The highest BCUT2D eigenvalue weighted by Crippen LogP contribution is 2.39. The van der Waals surface area contributed by atoms with Crippen LogP contribution < -0.4 is 10.2 Å². The molecule has 142 valence electrons. The number of hydrogen-bond acceptors (Lipinski definition) is 8. The molecule has 0 aromatic carbocycles. The lowest BCUT2D eigenvalue weighted by Crippen LogP contribution is -2.25.